The summed E-state index contributed by atoms with van der Waals surface area (Å²) in [6.45, 7) is 2.08. The van der Waals surface area contributed by atoms with Crippen molar-refractivity contribution >= 4 is 27.7 Å². The van der Waals surface area contributed by atoms with Gasteiger partial charge in [-0.3, -0.25) is 0 Å². The largest absolute Gasteiger partial charge is 0.119 e. The summed E-state index contributed by atoms with van der Waals surface area (Å²) in [6.07, 6.45) is 5.18. The lowest BCUT2D eigenvalue weighted by Gasteiger charge is -2.02. The van der Waals surface area contributed by atoms with Gasteiger partial charge < -0.3 is 0 Å². The molecule has 1 rings (SSSR count). The lowest BCUT2D eigenvalue weighted by molar-refractivity contribution is 1.33. The fraction of sp³-hybridized carbons (Fsp3) is 0.200. The molecular formula is C10H9BrS. The molecule has 1 aromatic rings. The van der Waals surface area contributed by atoms with Crippen LogP contribution in [0.1, 0.15) is 5.56 Å². The number of terminal acetylenes is 1. The van der Waals surface area contributed by atoms with Crippen LogP contribution >= 0.6 is 27.7 Å². The summed E-state index contributed by atoms with van der Waals surface area (Å²) in [7, 11) is 0. The average Bonchev–Trinajstić information content (AvgIpc) is 2.07. The zero-order chi connectivity index (χ0) is 8.97. The van der Waals surface area contributed by atoms with E-state index in [1.165, 1.54) is 10.5 Å². The predicted molar refractivity (Wildman–Crippen MR) is 58.4 cm³/mol. The number of halogens is 1. The summed E-state index contributed by atoms with van der Waals surface area (Å²) in [4.78, 5) is 1.22. The quantitative estimate of drug-likeness (QED) is 0.564. The predicted octanol–water partition coefficient (Wildman–Crippen LogP) is 3.48. The molecule has 2 heteroatoms. The summed E-state index contributed by atoms with van der Waals surface area (Å²) in [5.74, 6) is 3.33. The Labute approximate surface area is 85.9 Å². The zero-order valence-electron chi connectivity index (χ0n) is 6.80. The molecule has 0 radical (unpaired) electrons. The maximum atomic E-state index is 5.18. The second kappa shape index (κ2) is 4.59. The van der Waals surface area contributed by atoms with E-state index in [-0.39, 0.29) is 0 Å². The second-order valence-electron chi connectivity index (χ2n) is 2.43. The second-order valence-corrected chi connectivity index (χ2v) is 4.30. The molecule has 0 unspecified atom stereocenters. The highest BCUT2D eigenvalue weighted by atomic mass is 79.9. The molecule has 1 aromatic carbocycles. The van der Waals surface area contributed by atoms with Crippen LogP contribution < -0.4 is 0 Å². The highest BCUT2D eigenvalue weighted by Crippen LogP contribution is 2.27. The first-order chi connectivity index (χ1) is 5.74. The first kappa shape index (κ1) is 9.70. The number of hydrogen-bond donors (Lipinski definition) is 0. The third-order valence-corrected chi connectivity index (χ3v) is 3.31. The van der Waals surface area contributed by atoms with E-state index in [4.69, 9.17) is 6.42 Å². The number of rotatable bonds is 2. The Morgan fingerprint density at radius 2 is 2.33 bits per heavy atom. The van der Waals surface area contributed by atoms with Gasteiger partial charge >= 0.3 is 0 Å². The Balaban J connectivity index is 2.84. The minimum absolute atomic E-state index is 0.724. The summed E-state index contributed by atoms with van der Waals surface area (Å²) < 4.78 is 1.12. The summed E-state index contributed by atoms with van der Waals surface area (Å²) in [5.41, 5.74) is 1.26. The SMILES string of the molecule is C#CCSc1cc(C)ccc1Br. The fourth-order valence-electron chi connectivity index (χ4n) is 0.841. The average molecular weight is 241 g/mol. The maximum Gasteiger partial charge on any atom is 0.0592 e. The molecule has 0 nitrogen and oxygen atoms in total. The number of benzene rings is 1. The van der Waals surface area contributed by atoms with Crippen molar-refractivity contribution < 1.29 is 0 Å². The van der Waals surface area contributed by atoms with Gasteiger partial charge in [0.25, 0.3) is 0 Å². The molecule has 0 atom stereocenters. The third kappa shape index (κ3) is 2.58. The Bertz CT molecular complexity index is 312. The summed E-state index contributed by atoms with van der Waals surface area (Å²) >= 11 is 5.15. The van der Waals surface area contributed by atoms with Gasteiger partial charge in [-0.25, -0.2) is 0 Å². The molecule has 0 saturated carbocycles. The fourth-order valence-corrected chi connectivity index (χ4v) is 2.14. The molecule has 0 amide bonds. The van der Waals surface area contributed by atoms with Crippen LogP contribution in [0.2, 0.25) is 0 Å². The Hall–Kier alpha value is -0.390. The van der Waals surface area contributed by atoms with Crippen LogP contribution in [-0.2, 0) is 0 Å². The molecule has 12 heavy (non-hydrogen) atoms. The highest BCUT2D eigenvalue weighted by molar-refractivity contribution is 9.10. The summed E-state index contributed by atoms with van der Waals surface area (Å²) in [5, 5.41) is 0. The molecule has 0 aliphatic heterocycles. The molecule has 0 heterocycles. The minimum Gasteiger partial charge on any atom is -0.119 e. The first-order valence-corrected chi connectivity index (χ1v) is 5.34. The van der Waals surface area contributed by atoms with E-state index in [9.17, 15) is 0 Å². The van der Waals surface area contributed by atoms with Crippen LogP contribution in [0.3, 0.4) is 0 Å². The van der Waals surface area contributed by atoms with E-state index in [0.717, 1.165) is 10.2 Å². The van der Waals surface area contributed by atoms with Crippen LogP contribution in [0.5, 0.6) is 0 Å². The molecule has 62 valence electrons. The Morgan fingerprint density at radius 3 is 3.00 bits per heavy atom. The van der Waals surface area contributed by atoms with Crippen molar-refractivity contribution in [2.45, 2.75) is 11.8 Å². The van der Waals surface area contributed by atoms with Gasteiger partial charge in [0.05, 0.1) is 5.75 Å². The van der Waals surface area contributed by atoms with E-state index in [0.29, 0.717) is 0 Å². The lowest BCUT2D eigenvalue weighted by atomic mass is 10.2. The van der Waals surface area contributed by atoms with Gasteiger partial charge in [0, 0.05) is 9.37 Å². The van der Waals surface area contributed by atoms with Crippen LogP contribution in [0.25, 0.3) is 0 Å². The third-order valence-electron chi connectivity index (χ3n) is 1.40. The first-order valence-electron chi connectivity index (χ1n) is 3.56. The van der Waals surface area contributed by atoms with Crippen molar-refractivity contribution in [2.24, 2.45) is 0 Å². The van der Waals surface area contributed by atoms with Gasteiger partial charge in [0.1, 0.15) is 0 Å². The van der Waals surface area contributed by atoms with E-state index in [1.807, 2.05) is 6.07 Å². The Morgan fingerprint density at radius 1 is 1.58 bits per heavy atom. The molecule has 0 aromatic heterocycles. The molecule has 0 spiro atoms. The normalized spacial score (nSPS) is 9.42. The number of hydrogen-bond acceptors (Lipinski definition) is 1. The van der Waals surface area contributed by atoms with Gasteiger partial charge in [0.15, 0.2) is 0 Å². The van der Waals surface area contributed by atoms with Gasteiger partial charge in [0.2, 0.25) is 0 Å². The van der Waals surface area contributed by atoms with Gasteiger partial charge in [-0.15, -0.1) is 18.2 Å². The number of thioether (sulfide) groups is 1. The highest BCUT2D eigenvalue weighted by Gasteiger charge is 1.98. The molecule has 0 bridgehead atoms. The van der Waals surface area contributed by atoms with Crippen molar-refractivity contribution in [3.05, 3.63) is 28.2 Å². The van der Waals surface area contributed by atoms with Crippen LogP contribution in [0.15, 0.2) is 27.6 Å². The van der Waals surface area contributed by atoms with Crippen molar-refractivity contribution in [3.63, 3.8) is 0 Å². The Kier molecular flexibility index (Phi) is 3.71. The van der Waals surface area contributed by atoms with Crippen molar-refractivity contribution in [1.82, 2.24) is 0 Å². The van der Waals surface area contributed by atoms with Crippen molar-refractivity contribution in [3.8, 4) is 12.3 Å². The van der Waals surface area contributed by atoms with E-state index in [1.54, 1.807) is 11.8 Å². The van der Waals surface area contributed by atoms with Gasteiger partial charge in [-0.1, -0.05) is 12.0 Å². The lowest BCUT2D eigenvalue weighted by Crippen LogP contribution is -1.79. The molecular weight excluding hydrogens is 232 g/mol. The molecule has 0 aliphatic rings. The van der Waals surface area contributed by atoms with Gasteiger partial charge in [-0.2, -0.15) is 0 Å². The van der Waals surface area contributed by atoms with Gasteiger partial charge in [-0.05, 0) is 40.5 Å². The monoisotopic (exact) mass is 240 g/mol. The topological polar surface area (TPSA) is 0 Å². The van der Waals surface area contributed by atoms with E-state index < -0.39 is 0 Å². The molecule has 0 N–H and O–H groups in total. The smallest absolute Gasteiger partial charge is 0.0592 e. The maximum absolute atomic E-state index is 5.18. The standard InChI is InChI=1S/C10H9BrS/c1-3-6-12-10-7-8(2)4-5-9(10)11/h1,4-5,7H,6H2,2H3. The molecule has 0 aliphatic carbocycles. The van der Waals surface area contributed by atoms with E-state index >= 15 is 0 Å². The van der Waals surface area contributed by atoms with Crippen molar-refractivity contribution in [2.75, 3.05) is 5.75 Å². The minimum atomic E-state index is 0.724. The zero-order valence-corrected chi connectivity index (χ0v) is 9.21. The van der Waals surface area contributed by atoms with Crippen molar-refractivity contribution in [1.29, 1.82) is 0 Å². The van der Waals surface area contributed by atoms with Crippen LogP contribution in [0.4, 0.5) is 0 Å². The summed E-state index contributed by atoms with van der Waals surface area (Å²) in [6, 6.07) is 6.25. The van der Waals surface area contributed by atoms with E-state index in [2.05, 4.69) is 40.9 Å². The molecule has 0 fully saturated rings. The number of aryl methyl sites for hydroxylation is 1. The van der Waals surface area contributed by atoms with Crippen LogP contribution in [0, 0.1) is 19.3 Å². The molecule has 0 saturated heterocycles. The van der Waals surface area contributed by atoms with Crippen LogP contribution in [-0.4, -0.2) is 5.75 Å².